The van der Waals surface area contributed by atoms with E-state index in [9.17, 15) is 4.79 Å². The normalized spacial score (nSPS) is 36.4. The minimum Gasteiger partial charge on any atom is -0.326 e. The zero-order valence-electron chi connectivity index (χ0n) is 9.98. The molecule has 2 aliphatic rings. The molecule has 0 unspecified atom stereocenters. The molecule has 2 heteroatoms. The van der Waals surface area contributed by atoms with Crippen LogP contribution < -0.4 is 5.32 Å². The maximum atomic E-state index is 11.8. The van der Waals surface area contributed by atoms with Crippen LogP contribution in [0.15, 0.2) is 22.4 Å². The maximum absolute atomic E-state index is 11.8. The number of allylic oxidation sites excluding steroid dienone is 2. The molecule has 1 aliphatic carbocycles. The molecule has 0 aromatic carbocycles. The SMILES string of the molecule is CC1=C(C)C(=C2CC[C@H](C)[C@@H]2C)C(=O)N1. The lowest BCUT2D eigenvalue weighted by Crippen LogP contribution is -2.17. The highest BCUT2D eigenvalue weighted by molar-refractivity contribution is 6.03. The molecule has 2 rings (SSSR count). The van der Waals surface area contributed by atoms with Gasteiger partial charge < -0.3 is 5.32 Å². The average Bonchev–Trinajstić information content (AvgIpc) is 2.60. The average molecular weight is 205 g/mol. The number of hydrogen-bond donors (Lipinski definition) is 1. The summed E-state index contributed by atoms with van der Waals surface area (Å²) in [6.07, 6.45) is 2.31. The smallest absolute Gasteiger partial charge is 0.255 e. The van der Waals surface area contributed by atoms with E-state index in [0.717, 1.165) is 23.3 Å². The molecule has 0 radical (unpaired) electrons. The van der Waals surface area contributed by atoms with Crippen molar-refractivity contribution in [2.24, 2.45) is 11.8 Å². The highest BCUT2D eigenvalue weighted by atomic mass is 16.2. The van der Waals surface area contributed by atoms with E-state index >= 15 is 0 Å². The quantitative estimate of drug-likeness (QED) is 0.605. The Kier molecular flexibility index (Phi) is 2.45. The Labute approximate surface area is 91.4 Å². The van der Waals surface area contributed by atoms with Crippen LogP contribution in [-0.2, 0) is 4.79 Å². The van der Waals surface area contributed by atoms with Gasteiger partial charge in [-0.25, -0.2) is 0 Å². The Morgan fingerprint density at radius 2 is 1.93 bits per heavy atom. The summed E-state index contributed by atoms with van der Waals surface area (Å²) in [5.41, 5.74) is 4.52. The van der Waals surface area contributed by atoms with Crippen molar-refractivity contribution in [2.75, 3.05) is 0 Å². The third kappa shape index (κ3) is 1.52. The molecular formula is C13H19NO. The molecule has 1 aliphatic heterocycles. The number of carbonyl (C=O) groups excluding carboxylic acids is 1. The molecule has 2 atom stereocenters. The summed E-state index contributed by atoms with van der Waals surface area (Å²) in [6, 6.07) is 0. The van der Waals surface area contributed by atoms with Gasteiger partial charge in [-0.3, -0.25) is 4.79 Å². The van der Waals surface area contributed by atoms with Gasteiger partial charge in [0.15, 0.2) is 0 Å². The van der Waals surface area contributed by atoms with Gasteiger partial charge in [-0.2, -0.15) is 0 Å². The fraction of sp³-hybridized carbons (Fsp3) is 0.615. The van der Waals surface area contributed by atoms with Gasteiger partial charge in [0.05, 0.1) is 0 Å². The minimum atomic E-state index is 0.112. The molecule has 1 heterocycles. The molecule has 1 fully saturated rings. The lowest BCUT2D eigenvalue weighted by Gasteiger charge is -2.12. The van der Waals surface area contributed by atoms with Gasteiger partial charge in [-0.15, -0.1) is 0 Å². The first kappa shape index (κ1) is 10.5. The van der Waals surface area contributed by atoms with Crippen LogP contribution in [0.4, 0.5) is 0 Å². The number of rotatable bonds is 0. The van der Waals surface area contributed by atoms with Crippen molar-refractivity contribution in [2.45, 2.75) is 40.5 Å². The van der Waals surface area contributed by atoms with Gasteiger partial charge in [-0.05, 0) is 44.1 Å². The fourth-order valence-electron chi connectivity index (χ4n) is 2.63. The van der Waals surface area contributed by atoms with Gasteiger partial charge >= 0.3 is 0 Å². The summed E-state index contributed by atoms with van der Waals surface area (Å²) < 4.78 is 0. The van der Waals surface area contributed by atoms with Crippen LogP contribution in [0.1, 0.15) is 40.5 Å². The van der Waals surface area contributed by atoms with Gasteiger partial charge in [0.1, 0.15) is 0 Å². The van der Waals surface area contributed by atoms with Crippen LogP contribution in [0.25, 0.3) is 0 Å². The second-order valence-electron chi connectivity index (χ2n) is 4.91. The van der Waals surface area contributed by atoms with Gasteiger partial charge in [0, 0.05) is 11.3 Å². The van der Waals surface area contributed by atoms with Crippen LogP contribution in [0, 0.1) is 11.8 Å². The summed E-state index contributed by atoms with van der Waals surface area (Å²) in [7, 11) is 0. The van der Waals surface area contributed by atoms with Crippen molar-refractivity contribution in [1.29, 1.82) is 0 Å². The Morgan fingerprint density at radius 3 is 2.33 bits per heavy atom. The first-order valence-corrected chi connectivity index (χ1v) is 5.74. The van der Waals surface area contributed by atoms with E-state index in [1.54, 1.807) is 0 Å². The van der Waals surface area contributed by atoms with Crippen molar-refractivity contribution in [3.05, 3.63) is 22.4 Å². The zero-order valence-corrected chi connectivity index (χ0v) is 9.98. The van der Waals surface area contributed by atoms with E-state index in [-0.39, 0.29) is 5.91 Å². The first-order chi connectivity index (χ1) is 7.02. The van der Waals surface area contributed by atoms with Crippen LogP contribution in [0.2, 0.25) is 0 Å². The summed E-state index contributed by atoms with van der Waals surface area (Å²) in [5, 5.41) is 2.91. The number of carbonyl (C=O) groups is 1. The standard InChI is InChI=1S/C13H19NO/c1-7-5-6-11(8(7)2)12-9(3)10(4)14-13(12)15/h7-8H,5-6H2,1-4H3,(H,14,15)/t7-,8-/m0/s1. The second kappa shape index (κ2) is 3.51. The van der Waals surface area contributed by atoms with Crippen LogP contribution >= 0.6 is 0 Å². The summed E-state index contributed by atoms with van der Waals surface area (Å²) in [6.45, 7) is 8.54. The van der Waals surface area contributed by atoms with Crippen molar-refractivity contribution in [1.82, 2.24) is 5.32 Å². The highest BCUT2D eigenvalue weighted by Crippen LogP contribution is 2.40. The third-order valence-electron chi connectivity index (χ3n) is 4.06. The molecule has 0 aromatic heterocycles. The molecule has 2 nitrogen and oxygen atoms in total. The molecule has 1 saturated carbocycles. The van der Waals surface area contributed by atoms with Gasteiger partial charge in [-0.1, -0.05) is 19.4 Å². The summed E-state index contributed by atoms with van der Waals surface area (Å²) >= 11 is 0. The number of nitrogens with one attached hydrogen (secondary N) is 1. The van der Waals surface area contributed by atoms with Crippen LogP contribution in [0.5, 0.6) is 0 Å². The Morgan fingerprint density at radius 1 is 1.27 bits per heavy atom. The molecule has 0 spiro atoms. The Bertz CT molecular complexity index is 376. The molecule has 0 saturated heterocycles. The van der Waals surface area contributed by atoms with Crippen LogP contribution in [-0.4, -0.2) is 5.91 Å². The molecule has 1 amide bonds. The first-order valence-electron chi connectivity index (χ1n) is 5.74. The lowest BCUT2D eigenvalue weighted by molar-refractivity contribution is -0.116. The monoisotopic (exact) mass is 205 g/mol. The largest absolute Gasteiger partial charge is 0.326 e. The van der Waals surface area contributed by atoms with E-state index in [2.05, 4.69) is 19.2 Å². The predicted molar refractivity (Wildman–Crippen MR) is 61.1 cm³/mol. The molecule has 1 N–H and O–H groups in total. The van der Waals surface area contributed by atoms with E-state index < -0.39 is 0 Å². The van der Waals surface area contributed by atoms with Gasteiger partial charge in [0.2, 0.25) is 0 Å². The number of hydrogen-bond acceptors (Lipinski definition) is 1. The minimum absolute atomic E-state index is 0.112. The van der Waals surface area contributed by atoms with Crippen molar-refractivity contribution < 1.29 is 4.79 Å². The summed E-state index contributed by atoms with van der Waals surface area (Å²) in [5.74, 6) is 1.39. The molecule has 0 bridgehead atoms. The van der Waals surface area contributed by atoms with Crippen molar-refractivity contribution >= 4 is 5.91 Å². The lowest BCUT2D eigenvalue weighted by atomic mass is 9.91. The molecular weight excluding hydrogens is 186 g/mol. The van der Waals surface area contributed by atoms with E-state index in [1.165, 1.54) is 12.0 Å². The number of amides is 1. The van der Waals surface area contributed by atoms with Crippen molar-refractivity contribution in [3.63, 3.8) is 0 Å². The fourth-order valence-corrected chi connectivity index (χ4v) is 2.63. The zero-order chi connectivity index (χ0) is 11.2. The molecule has 82 valence electrons. The molecule has 0 aromatic rings. The van der Waals surface area contributed by atoms with Gasteiger partial charge in [0.25, 0.3) is 5.91 Å². The summed E-state index contributed by atoms with van der Waals surface area (Å²) in [4.78, 5) is 11.8. The van der Waals surface area contributed by atoms with E-state index in [1.807, 2.05) is 13.8 Å². The van der Waals surface area contributed by atoms with Crippen molar-refractivity contribution in [3.8, 4) is 0 Å². The Balaban J connectivity index is 2.45. The third-order valence-corrected chi connectivity index (χ3v) is 4.06. The molecule has 15 heavy (non-hydrogen) atoms. The van der Waals surface area contributed by atoms with E-state index in [0.29, 0.717) is 11.8 Å². The Hall–Kier alpha value is -1.05. The van der Waals surface area contributed by atoms with Crippen LogP contribution in [0.3, 0.4) is 0 Å². The predicted octanol–water partition coefficient (Wildman–Crippen LogP) is 2.77. The maximum Gasteiger partial charge on any atom is 0.255 e. The second-order valence-corrected chi connectivity index (χ2v) is 4.91. The highest BCUT2D eigenvalue weighted by Gasteiger charge is 2.32. The topological polar surface area (TPSA) is 29.1 Å². The van der Waals surface area contributed by atoms with E-state index in [4.69, 9.17) is 0 Å².